The lowest BCUT2D eigenvalue weighted by molar-refractivity contribution is 0.138. The van der Waals surface area contributed by atoms with Crippen LogP contribution in [0.3, 0.4) is 0 Å². The minimum absolute atomic E-state index is 0.261. The van der Waals surface area contributed by atoms with Gasteiger partial charge in [-0.15, -0.1) is 0 Å². The number of imidazole rings is 1. The molecule has 1 heterocycles. The Balaban J connectivity index is 2.16. The number of nitrogens with zero attached hydrogens (tertiary/aromatic N) is 2. The molecule has 1 fully saturated rings. The third kappa shape index (κ3) is 2.53. The Morgan fingerprint density at radius 3 is 2.81 bits per heavy atom. The Hall–Kier alpha value is -1.55. The second kappa shape index (κ2) is 5.68. The standard InChI is InChI=1S/C17H25N3O/c1-11(2)17-19-14-9-13(18)7-8-16(14)20(17)15-6-4-3-5-12(15)10-21/h7-9,11-12,15,21H,3-6,10,18H2,1-2H3. The summed E-state index contributed by atoms with van der Waals surface area (Å²) in [5.74, 6) is 1.81. The number of hydrogen-bond acceptors (Lipinski definition) is 3. The molecule has 0 amide bonds. The summed E-state index contributed by atoms with van der Waals surface area (Å²) in [6.45, 7) is 4.62. The normalized spacial score (nSPS) is 23.0. The van der Waals surface area contributed by atoms with E-state index >= 15 is 0 Å². The van der Waals surface area contributed by atoms with Crippen molar-refractivity contribution in [3.05, 3.63) is 24.0 Å². The molecule has 0 saturated heterocycles. The molecule has 1 saturated carbocycles. The van der Waals surface area contributed by atoms with E-state index in [1.165, 1.54) is 12.8 Å². The van der Waals surface area contributed by atoms with Crippen molar-refractivity contribution in [1.29, 1.82) is 0 Å². The van der Waals surface area contributed by atoms with E-state index in [2.05, 4.69) is 24.5 Å². The molecule has 1 aromatic carbocycles. The van der Waals surface area contributed by atoms with Crippen molar-refractivity contribution < 1.29 is 5.11 Å². The van der Waals surface area contributed by atoms with Gasteiger partial charge in [0.2, 0.25) is 0 Å². The van der Waals surface area contributed by atoms with Crippen LogP contribution < -0.4 is 5.73 Å². The van der Waals surface area contributed by atoms with E-state index in [0.717, 1.165) is 35.4 Å². The summed E-state index contributed by atoms with van der Waals surface area (Å²) >= 11 is 0. The van der Waals surface area contributed by atoms with Gasteiger partial charge in [0.1, 0.15) is 5.82 Å². The van der Waals surface area contributed by atoms with Crippen molar-refractivity contribution in [2.75, 3.05) is 12.3 Å². The lowest BCUT2D eigenvalue weighted by atomic mass is 9.84. The molecule has 3 rings (SSSR count). The van der Waals surface area contributed by atoms with Crippen molar-refractivity contribution in [3.63, 3.8) is 0 Å². The monoisotopic (exact) mass is 287 g/mol. The first kappa shape index (κ1) is 14.4. The number of hydrogen-bond donors (Lipinski definition) is 2. The van der Waals surface area contributed by atoms with Crippen LogP contribution in [0, 0.1) is 5.92 Å². The number of anilines is 1. The number of benzene rings is 1. The quantitative estimate of drug-likeness (QED) is 0.850. The molecule has 1 aliphatic rings. The predicted octanol–water partition coefficient (Wildman–Crippen LogP) is 3.47. The number of rotatable bonds is 3. The lowest BCUT2D eigenvalue weighted by Gasteiger charge is -2.33. The molecule has 2 atom stereocenters. The molecular weight excluding hydrogens is 262 g/mol. The molecule has 0 spiro atoms. The van der Waals surface area contributed by atoms with Gasteiger partial charge in [0.25, 0.3) is 0 Å². The fraction of sp³-hybridized carbons (Fsp3) is 0.588. The third-order valence-electron chi connectivity index (χ3n) is 4.69. The van der Waals surface area contributed by atoms with Gasteiger partial charge in [-0.25, -0.2) is 4.98 Å². The van der Waals surface area contributed by atoms with Gasteiger partial charge in [-0.1, -0.05) is 26.7 Å². The maximum atomic E-state index is 9.75. The van der Waals surface area contributed by atoms with Crippen molar-refractivity contribution in [2.45, 2.75) is 51.5 Å². The first-order valence-electron chi connectivity index (χ1n) is 8.00. The van der Waals surface area contributed by atoms with Crippen molar-refractivity contribution in [1.82, 2.24) is 9.55 Å². The Labute approximate surface area is 126 Å². The Morgan fingerprint density at radius 1 is 1.33 bits per heavy atom. The second-order valence-corrected chi connectivity index (χ2v) is 6.54. The van der Waals surface area contributed by atoms with E-state index in [1.807, 2.05) is 12.1 Å². The fourth-order valence-electron chi connectivity index (χ4n) is 3.63. The second-order valence-electron chi connectivity index (χ2n) is 6.54. The highest BCUT2D eigenvalue weighted by Crippen LogP contribution is 2.38. The van der Waals surface area contributed by atoms with Crippen LogP contribution in [0.4, 0.5) is 5.69 Å². The molecule has 4 heteroatoms. The molecule has 1 aromatic heterocycles. The molecule has 3 N–H and O–H groups in total. The van der Waals surface area contributed by atoms with E-state index < -0.39 is 0 Å². The number of fused-ring (bicyclic) bond motifs is 1. The summed E-state index contributed by atoms with van der Waals surface area (Å²) in [5.41, 5.74) is 8.78. The van der Waals surface area contributed by atoms with E-state index in [9.17, 15) is 5.11 Å². The van der Waals surface area contributed by atoms with Gasteiger partial charge < -0.3 is 15.4 Å². The summed E-state index contributed by atoms with van der Waals surface area (Å²) in [7, 11) is 0. The largest absolute Gasteiger partial charge is 0.399 e. The van der Waals surface area contributed by atoms with Crippen LogP contribution in [-0.4, -0.2) is 21.3 Å². The zero-order chi connectivity index (χ0) is 15.0. The molecule has 21 heavy (non-hydrogen) atoms. The minimum atomic E-state index is 0.261. The van der Waals surface area contributed by atoms with E-state index in [-0.39, 0.29) is 6.61 Å². The molecular formula is C17H25N3O. The van der Waals surface area contributed by atoms with Crippen molar-refractivity contribution in [3.8, 4) is 0 Å². The highest BCUT2D eigenvalue weighted by Gasteiger charge is 2.29. The zero-order valence-corrected chi connectivity index (χ0v) is 12.9. The summed E-state index contributed by atoms with van der Waals surface area (Å²) in [4.78, 5) is 4.82. The molecule has 0 aliphatic heterocycles. The first-order valence-corrected chi connectivity index (χ1v) is 8.00. The Morgan fingerprint density at radius 2 is 2.10 bits per heavy atom. The predicted molar refractivity (Wildman–Crippen MR) is 86.3 cm³/mol. The fourth-order valence-corrected chi connectivity index (χ4v) is 3.63. The minimum Gasteiger partial charge on any atom is -0.399 e. The van der Waals surface area contributed by atoms with E-state index in [4.69, 9.17) is 10.7 Å². The number of nitrogens with two attached hydrogens (primary N) is 1. The maximum Gasteiger partial charge on any atom is 0.112 e. The third-order valence-corrected chi connectivity index (χ3v) is 4.69. The van der Waals surface area contributed by atoms with Crippen LogP contribution in [0.5, 0.6) is 0 Å². The van der Waals surface area contributed by atoms with E-state index in [1.54, 1.807) is 0 Å². The molecule has 0 radical (unpaired) electrons. The van der Waals surface area contributed by atoms with Gasteiger partial charge in [0.05, 0.1) is 11.0 Å². The highest BCUT2D eigenvalue weighted by atomic mass is 16.3. The topological polar surface area (TPSA) is 64.1 Å². The van der Waals surface area contributed by atoms with Gasteiger partial charge in [-0.3, -0.25) is 0 Å². The molecule has 2 aromatic rings. The number of aromatic nitrogens is 2. The highest BCUT2D eigenvalue weighted by molar-refractivity contribution is 5.80. The van der Waals surface area contributed by atoms with Gasteiger partial charge >= 0.3 is 0 Å². The van der Waals surface area contributed by atoms with Gasteiger partial charge in [0.15, 0.2) is 0 Å². The van der Waals surface area contributed by atoms with Gasteiger partial charge in [-0.05, 0) is 31.0 Å². The van der Waals surface area contributed by atoms with Crippen LogP contribution in [0.25, 0.3) is 11.0 Å². The zero-order valence-electron chi connectivity index (χ0n) is 12.9. The van der Waals surface area contributed by atoms with Crippen LogP contribution >= 0.6 is 0 Å². The summed E-state index contributed by atoms with van der Waals surface area (Å²) in [5, 5.41) is 9.75. The summed E-state index contributed by atoms with van der Waals surface area (Å²) in [6.07, 6.45) is 4.68. The van der Waals surface area contributed by atoms with E-state index in [0.29, 0.717) is 17.9 Å². The average Bonchev–Trinajstić information content (AvgIpc) is 2.85. The molecule has 2 unspecified atom stereocenters. The Bertz CT molecular complexity index is 632. The molecule has 4 nitrogen and oxygen atoms in total. The SMILES string of the molecule is CC(C)c1nc2cc(N)ccc2n1C1CCCCC1CO. The Kier molecular flexibility index (Phi) is 3.89. The molecule has 1 aliphatic carbocycles. The first-order chi connectivity index (χ1) is 10.1. The van der Waals surface area contributed by atoms with Crippen LogP contribution in [0.1, 0.15) is 57.3 Å². The van der Waals surface area contributed by atoms with Gasteiger partial charge in [0, 0.05) is 30.2 Å². The number of aliphatic hydroxyl groups excluding tert-OH is 1. The molecule has 0 bridgehead atoms. The maximum absolute atomic E-state index is 9.75. The molecule has 114 valence electrons. The van der Waals surface area contributed by atoms with Crippen molar-refractivity contribution >= 4 is 16.7 Å². The lowest BCUT2D eigenvalue weighted by Crippen LogP contribution is -2.27. The smallest absolute Gasteiger partial charge is 0.112 e. The summed E-state index contributed by atoms with van der Waals surface area (Å²) in [6, 6.07) is 6.33. The van der Waals surface area contributed by atoms with Crippen LogP contribution in [0.15, 0.2) is 18.2 Å². The van der Waals surface area contributed by atoms with Gasteiger partial charge in [-0.2, -0.15) is 0 Å². The number of nitrogen functional groups attached to an aromatic ring is 1. The average molecular weight is 287 g/mol. The van der Waals surface area contributed by atoms with Crippen molar-refractivity contribution in [2.24, 2.45) is 5.92 Å². The van der Waals surface area contributed by atoms with Crippen LogP contribution in [-0.2, 0) is 0 Å². The number of aliphatic hydroxyl groups is 1. The van der Waals surface area contributed by atoms with Crippen LogP contribution in [0.2, 0.25) is 0 Å². The summed E-state index contributed by atoms with van der Waals surface area (Å²) < 4.78 is 2.37.